The van der Waals surface area contributed by atoms with Crippen LogP contribution >= 0.6 is 15.9 Å². The molecule has 1 aromatic carbocycles. The summed E-state index contributed by atoms with van der Waals surface area (Å²) in [5.74, 6) is -0.392. The molecule has 0 saturated heterocycles. The minimum absolute atomic E-state index is 0.341. The van der Waals surface area contributed by atoms with Crippen LogP contribution in [0.3, 0.4) is 0 Å². The van der Waals surface area contributed by atoms with Crippen LogP contribution in [0.15, 0.2) is 41.0 Å². The highest BCUT2D eigenvalue weighted by Crippen LogP contribution is 2.19. The first kappa shape index (κ1) is 12.5. The van der Waals surface area contributed by atoms with Gasteiger partial charge in [0.1, 0.15) is 11.6 Å². The van der Waals surface area contributed by atoms with Crippen molar-refractivity contribution in [2.24, 2.45) is 0 Å². The number of nitrogens with zero attached hydrogens (tertiary/aromatic N) is 1. The number of nitrogens with two attached hydrogens (primary N) is 1. The summed E-state index contributed by atoms with van der Waals surface area (Å²) in [6.07, 6.45) is 1.45. The van der Waals surface area contributed by atoms with E-state index in [-0.39, 0.29) is 5.91 Å². The molecule has 4 nitrogen and oxygen atoms in total. The summed E-state index contributed by atoms with van der Waals surface area (Å²) in [7, 11) is 0. The van der Waals surface area contributed by atoms with E-state index >= 15 is 0 Å². The fourth-order valence-corrected chi connectivity index (χ4v) is 1.88. The lowest BCUT2D eigenvalue weighted by atomic mass is 10.2. The number of nitrogens with one attached hydrogen (secondary N) is 1. The number of amides is 1. The lowest BCUT2D eigenvalue weighted by Gasteiger charge is -2.06. The molecule has 1 heterocycles. The summed E-state index contributed by atoms with van der Waals surface area (Å²) in [5, 5.41) is 2.64. The standard InChI is InChI=1S/C12H9BrFN3O/c13-10-5-7(14)1-3-9(10)12(18)17-8-2-4-11(15)16-6-8/h1-6H,(H2,15,16)(H,17,18). The molecular weight excluding hydrogens is 301 g/mol. The molecule has 0 bridgehead atoms. The highest BCUT2D eigenvalue weighted by molar-refractivity contribution is 9.10. The maximum absolute atomic E-state index is 12.9. The van der Waals surface area contributed by atoms with Crippen molar-refractivity contribution in [1.82, 2.24) is 4.98 Å². The van der Waals surface area contributed by atoms with Crippen molar-refractivity contribution >= 4 is 33.3 Å². The minimum Gasteiger partial charge on any atom is -0.384 e. The first-order valence-corrected chi connectivity index (χ1v) is 5.83. The Labute approximate surface area is 111 Å². The van der Waals surface area contributed by atoms with Crippen molar-refractivity contribution < 1.29 is 9.18 Å². The second-order valence-electron chi connectivity index (χ2n) is 3.55. The number of anilines is 2. The van der Waals surface area contributed by atoms with Crippen LogP contribution in [0.25, 0.3) is 0 Å². The van der Waals surface area contributed by atoms with Crippen molar-refractivity contribution in [2.75, 3.05) is 11.1 Å². The van der Waals surface area contributed by atoms with Gasteiger partial charge in [-0.25, -0.2) is 9.37 Å². The first-order chi connectivity index (χ1) is 8.56. The summed E-state index contributed by atoms with van der Waals surface area (Å²) >= 11 is 3.14. The molecule has 0 atom stereocenters. The molecule has 18 heavy (non-hydrogen) atoms. The number of pyridine rings is 1. The van der Waals surface area contributed by atoms with Crippen molar-refractivity contribution in [1.29, 1.82) is 0 Å². The Morgan fingerprint density at radius 2 is 2.11 bits per heavy atom. The molecule has 0 aliphatic heterocycles. The van der Waals surface area contributed by atoms with Crippen LogP contribution in [0.1, 0.15) is 10.4 Å². The number of hydrogen-bond donors (Lipinski definition) is 2. The molecule has 0 spiro atoms. The predicted molar refractivity (Wildman–Crippen MR) is 70.7 cm³/mol. The number of benzene rings is 1. The van der Waals surface area contributed by atoms with E-state index in [9.17, 15) is 9.18 Å². The third-order valence-electron chi connectivity index (χ3n) is 2.22. The Hall–Kier alpha value is -1.95. The molecule has 6 heteroatoms. The summed E-state index contributed by atoms with van der Waals surface area (Å²) < 4.78 is 13.3. The summed E-state index contributed by atoms with van der Waals surface area (Å²) in [5.41, 5.74) is 6.30. The largest absolute Gasteiger partial charge is 0.384 e. The van der Waals surface area contributed by atoms with Crippen LogP contribution in [0.5, 0.6) is 0 Å². The van der Waals surface area contributed by atoms with E-state index in [4.69, 9.17) is 5.73 Å². The second-order valence-corrected chi connectivity index (χ2v) is 4.40. The molecule has 2 aromatic rings. The number of carbonyl (C=O) groups excluding carboxylic acids is 1. The average Bonchev–Trinajstić information content (AvgIpc) is 2.32. The first-order valence-electron chi connectivity index (χ1n) is 5.04. The van der Waals surface area contributed by atoms with E-state index in [2.05, 4.69) is 26.2 Å². The van der Waals surface area contributed by atoms with Gasteiger partial charge in [-0.05, 0) is 46.3 Å². The lowest BCUT2D eigenvalue weighted by molar-refractivity contribution is 0.102. The molecule has 0 radical (unpaired) electrons. The van der Waals surface area contributed by atoms with E-state index < -0.39 is 5.82 Å². The van der Waals surface area contributed by atoms with Crippen molar-refractivity contribution in [3.8, 4) is 0 Å². The Kier molecular flexibility index (Phi) is 3.57. The number of rotatable bonds is 2. The Morgan fingerprint density at radius 3 is 2.72 bits per heavy atom. The maximum atomic E-state index is 12.9. The molecule has 0 aliphatic rings. The van der Waals surface area contributed by atoms with Crippen LogP contribution in [0, 0.1) is 5.82 Å². The highest BCUT2D eigenvalue weighted by atomic mass is 79.9. The van der Waals surface area contributed by atoms with Crippen molar-refractivity contribution in [2.45, 2.75) is 0 Å². The number of hydrogen-bond acceptors (Lipinski definition) is 3. The van der Waals surface area contributed by atoms with E-state index in [0.717, 1.165) is 0 Å². The fraction of sp³-hybridized carbons (Fsp3) is 0. The molecular formula is C12H9BrFN3O. The van der Waals surface area contributed by atoms with Gasteiger partial charge in [-0.1, -0.05) is 0 Å². The average molecular weight is 310 g/mol. The molecule has 0 fully saturated rings. The minimum atomic E-state index is -0.410. The zero-order chi connectivity index (χ0) is 13.1. The highest BCUT2D eigenvalue weighted by Gasteiger charge is 2.11. The molecule has 2 rings (SSSR count). The Balaban J connectivity index is 2.19. The van der Waals surface area contributed by atoms with Crippen LogP contribution in [0.4, 0.5) is 15.9 Å². The molecule has 0 aliphatic carbocycles. The van der Waals surface area contributed by atoms with Gasteiger partial charge in [0.15, 0.2) is 0 Å². The van der Waals surface area contributed by atoms with Crippen LogP contribution in [-0.2, 0) is 0 Å². The third-order valence-corrected chi connectivity index (χ3v) is 2.88. The fourth-order valence-electron chi connectivity index (χ4n) is 1.35. The molecule has 0 unspecified atom stereocenters. The van der Waals surface area contributed by atoms with Gasteiger partial charge in [0.2, 0.25) is 0 Å². The van der Waals surface area contributed by atoms with Crippen LogP contribution < -0.4 is 11.1 Å². The van der Waals surface area contributed by atoms with Gasteiger partial charge in [0.25, 0.3) is 5.91 Å². The van der Waals surface area contributed by atoms with Crippen LogP contribution in [-0.4, -0.2) is 10.9 Å². The predicted octanol–water partition coefficient (Wildman–Crippen LogP) is 2.82. The van der Waals surface area contributed by atoms with Gasteiger partial charge in [0.05, 0.1) is 17.4 Å². The normalized spacial score (nSPS) is 10.1. The van der Waals surface area contributed by atoms with E-state index in [1.54, 1.807) is 12.1 Å². The zero-order valence-corrected chi connectivity index (χ0v) is 10.7. The second kappa shape index (κ2) is 5.14. The van der Waals surface area contributed by atoms with E-state index in [1.165, 1.54) is 24.4 Å². The Morgan fingerprint density at radius 1 is 1.33 bits per heavy atom. The number of halogens is 2. The zero-order valence-electron chi connectivity index (χ0n) is 9.15. The quantitative estimate of drug-likeness (QED) is 0.896. The van der Waals surface area contributed by atoms with Gasteiger partial charge in [-0.3, -0.25) is 4.79 Å². The SMILES string of the molecule is Nc1ccc(NC(=O)c2ccc(F)cc2Br)cn1. The van der Waals surface area contributed by atoms with Gasteiger partial charge in [-0.15, -0.1) is 0 Å². The molecule has 3 N–H and O–H groups in total. The maximum Gasteiger partial charge on any atom is 0.256 e. The molecule has 0 saturated carbocycles. The topological polar surface area (TPSA) is 68.0 Å². The van der Waals surface area contributed by atoms with Crippen molar-refractivity contribution in [3.63, 3.8) is 0 Å². The van der Waals surface area contributed by atoms with Gasteiger partial charge in [0, 0.05) is 4.47 Å². The van der Waals surface area contributed by atoms with E-state index in [1.807, 2.05) is 0 Å². The van der Waals surface area contributed by atoms with E-state index in [0.29, 0.717) is 21.5 Å². The molecule has 92 valence electrons. The molecule has 1 amide bonds. The van der Waals surface area contributed by atoms with Crippen molar-refractivity contribution in [3.05, 3.63) is 52.4 Å². The van der Waals surface area contributed by atoms with Gasteiger partial charge in [-0.2, -0.15) is 0 Å². The molecule has 1 aromatic heterocycles. The van der Waals surface area contributed by atoms with Crippen LogP contribution in [0.2, 0.25) is 0 Å². The number of aromatic nitrogens is 1. The lowest BCUT2D eigenvalue weighted by Crippen LogP contribution is -2.13. The Bertz CT molecular complexity index is 586. The summed E-state index contributed by atoms with van der Waals surface area (Å²) in [6.45, 7) is 0. The van der Waals surface area contributed by atoms with Gasteiger partial charge >= 0.3 is 0 Å². The number of carbonyl (C=O) groups is 1. The number of nitrogen functional groups attached to an aromatic ring is 1. The summed E-state index contributed by atoms with van der Waals surface area (Å²) in [6, 6.07) is 7.07. The van der Waals surface area contributed by atoms with Gasteiger partial charge < -0.3 is 11.1 Å². The third kappa shape index (κ3) is 2.84. The monoisotopic (exact) mass is 309 g/mol. The summed E-state index contributed by atoms with van der Waals surface area (Å²) in [4.78, 5) is 15.8. The smallest absolute Gasteiger partial charge is 0.256 e.